The average molecular weight is 260 g/mol. The van der Waals surface area contributed by atoms with E-state index in [1.807, 2.05) is 0 Å². The van der Waals surface area contributed by atoms with Crippen LogP contribution in [0.25, 0.3) is 0 Å². The van der Waals surface area contributed by atoms with Crippen molar-refractivity contribution in [3.05, 3.63) is 58.4 Å². The van der Waals surface area contributed by atoms with Gasteiger partial charge < -0.3 is 5.11 Å². The molecule has 1 aromatic heterocycles. The lowest BCUT2D eigenvalue weighted by Crippen LogP contribution is -2.10. The predicted molar refractivity (Wildman–Crippen MR) is 67.7 cm³/mol. The summed E-state index contributed by atoms with van der Waals surface area (Å²) in [6.45, 7) is 3.23. The molecule has 0 aliphatic carbocycles. The maximum Gasteiger partial charge on any atom is 0.339 e. The molecule has 0 spiro atoms. The summed E-state index contributed by atoms with van der Waals surface area (Å²) in [5.41, 5.74) is 1.39. The monoisotopic (exact) mass is 260 g/mol. The molecule has 0 saturated heterocycles. The molecule has 1 heterocycles. The van der Waals surface area contributed by atoms with E-state index in [0.29, 0.717) is 22.8 Å². The van der Waals surface area contributed by atoms with Crippen LogP contribution in [-0.2, 0) is 6.42 Å². The van der Waals surface area contributed by atoms with Gasteiger partial charge in [-0.25, -0.2) is 19.2 Å². The van der Waals surface area contributed by atoms with E-state index in [9.17, 15) is 9.18 Å². The molecular weight excluding hydrogens is 247 g/mol. The highest BCUT2D eigenvalue weighted by Gasteiger charge is 2.15. The van der Waals surface area contributed by atoms with Gasteiger partial charge in [0.15, 0.2) is 0 Å². The molecule has 98 valence electrons. The second kappa shape index (κ2) is 5.14. The number of benzene rings is 1. The molecule has 0 aliphatic rings. The Morgan fingerprint density at radius 2 is 1.79 bits per heavy atom. The van der Waals surface area contributed by atoms with Gasteiger partial charge in [-0.1, -0.05) is 18.2 Å². The normalized spacial score (nSPS) is 10.5. The van der Waals surface area contributed by atoms with E-state index in [2.05, 4.69) is 9.97 Å². The molecule has 2 aromatic rings. The summed E-state index contributed by atoms with van der Waals surface area (Å²) >= 11 is 0. The number of hydrogen-bond acceptors (Lipinski definition) is 3. The number of nitrogens with zero attached hydrogens (tertiary/aromatic N) is 2. The van der Waals surface area contributed by atoms with Gasteiger partial charge in [0, 0.05) is 6.42 Å². The molecule has 0 bridgehead atoms. The first-order valence-corrected chi connectivity index (χ1v) is 5.80. The quantitative estimate of drug-likeness (QED) is 0.921. The lowest BCUT2D eigenvalue weighted by molar-refractivity contribution is 0.0694. The molecule has 19 heavy (non-hydrogen) atoms. The average Bonchev–Trinajstić information content (AvgIpc) is 2.30. The van der Waals surface area contributed by atoms with Crippen molar-refractivity contribution in [1.29, 1.82) is 0 Å². The summed E-state index contributed by atoms with van der Waals surface area (Å²) in [6, 6.07) is 6.39. The molecule has 1 aromatic carbocycles. The number of hydrogen-bond donors (Lipinski definition) is 1. The van der Waals surface area contributed by atoms with Crippen molar-refractivity contribution in [3.63, 3.8) is 0 Å². The molecule has 4 nitrogen and oxygen atoms in total. The minimum absolute atomic E-state index is 0.109. The summed E-state index contributed by atoms with van der Waals surface area (Å²) < 4.78 is 13.5. The minimum Gasteiger partial charge on any atom is -0.478 e. The van der Waals surface area contributed by atoms with Gasteiger partial charge in [-0.3, -0.25) is 0 Å². The van der Waals surface area contributed by atoms with Crippen LogP contribution >= 0.6 is 0 Å². The lowest BCUT2D eigenvalue weighted by Gasteiger charge is -2.08. The first-order valence-electron chi connectivity index (χ1n) is 5.80. The molecule has 0 unspecified atom stereocenters. The first-order chi connectivity index (χ1) is 8.99. The standard InChI is InChI=1S/C14H13FN2O2/c1-8-13(14(18)19)9(2)17-12(16-8)7-10-5-3-4-6-11(10)15/h3-6H,7H2,1-2H3,(H,18,19). The van der Waals surface area contributed by atoms with Crippen LogP contribution in [0.15, 0.2) is 24.3 Å². The number of aromatic carboxylic acids is 1. The molecular formula is C14H13FN2O2. The Morgan fingerprint density at radius 3 is 2.32 bits per heavy atom. The highest BCUT2D eigenvalue weighted by atomic mass is 19.1. The van der Waals surface area contributed by atoms with Gasteiger partial charge in [0.2, 0.25) is 0 Å². The Hall–Kier alpha value is -2.30. The van der Waals surface area contributed by atoms with Crippen LogP contribution in [0, 0.1) is 19.7 Å². The number of carboxylic acid groups (broad SMARTS) is 1. The van der Waals surface area contributed by atoms with Gasteiger partial charge in [-0.2, -0.15) is 0 Å². The Kier molecular flexibility index (Phi) is 3.55. The lowest BCUT2D eigenvalue weighted by atomic mass is 10.1. The summed E-state index contributed by atoms with van der Waals surface area (Å²) in [4.78, 5) is 19.3. The van der Waals surface area contributed by atoms with Gasteiger partial charge in [-0.05, 0) is 25.5 Å². The van der Waals surface area contributed by atoms with Crippen LogP contribution in [0.3, 0.4) is 0 Å². The van der Waals surface area contributed by atoms with Crippen molar-refractivity contribution in [2.45, 2.75) is 20.3 Å². The van der Waals surface area contributed by atoms with E-state index in [1.54, 1.807) is 32.0 Å². The minimum atomic E-state index is -1.05. The second-order valence-electron chi connectivity index (χ2n) is 4.26. The van der Waals surface area contributed by atoms with Gasteiger partial charge in [0.25, 0.3) is 0 Å². The fraction of sp³-hybridized carbons (Fsp3) is 0.214. The van der Waals surface area contributed by atoms with Crippen molar-refractivity contribution < 1.29 is 14.3 Å². The molecule has 0 atom stereocenters. The molecule has 0 saturated carbocycles. The highest BCUT2D eigenvalue weighted by molar-refractivity contribution is 5.89. The zero-order valence-corrected chi connectivity index (χ0v) is 10.6. The van der Waals surface area contributed by atoms with Crippen molar-refractivity contribution in [3.8, 4) is 0 Å². The van der Waals surface area contributed by atoms with Crippen molar-refractivity contribution >= 4 is 5.97 Å². The zero-order chi connectivity index (χ0) is 14.0. The number of rotatable bonds is 3. The second-order valence-corrected chi connectivity index (χ2v) is 4.26. The third-order valence-electron chi connectivity index (χ3n) is 2.84. The van der Waals surface area contributed by atoms with Crippen LogP contribution in [0.2, 0.25) is 0 Å². The third-order valence-corrected chi connectivity index (χ3v) is 2.84. The molecule has 0 fully saturated rings. The van der Waals surface area contributed by atoms with Crippen LogP contribution in [0.4, 0.5) is 4.39 Å². The number of halogens is 1. The van der Waals surface area contributed by atoms with Crippen molar-refractivity contribution in [2.75, 3.05) is 0 Å². The molecule has 0 aliphatic heterocycles. The maximum absolute atomic E-state index is 13.5. The van der Waals surface area contributed by atoms with Crippen molar-refractivity contribution in [1.82, 2.24) is 9.97 Å². The summed E-state index contributed by atoms with van der Waals surface area (Å²) in [6.07, 6.45) is 0.244. The summed E-state index contributed by atoms with van der Waals surface area (Å²) in [5, 5.41) is 9.03. The number of aromatic nitrogens is 2. The van der Waals surface area contributed by atoms with Crippen LogP contribution in [0.1, 0.15) is 33.1 Å². The smallest absolute Gasteiger partial charge is 0.339 e. The third kappa shape index (κ3) is 2.76. The predicted octanol–water partition coefficient (Wildman–Crippen LogP) is 2.52. The van der Waals surface area contributed by atoms with E-state index in [-0.39, 0.29) is 17.8 Å². The number of aryl methyl sites for hydroxylation is 2. The number of carbonyl (C=O) groups is 1. The van der Waals surface area contributed by atoms with Gasteiger partial charge in [-0.15, -0.1) is 0 Å². The topological polar surface area (TPSA) is 63.1 Å². The largest absolute Gasteiger partial charge is 0.478 e. The molecule has 0 amide bonds. The molecule has 5 heteroatoms. The van der Waals surface area contributed by atoms with Crippen LogP contribution < -0.4 is 0 Å². The van der Waals surface area contributed by atoms with Crippen molar-refractivity contribution in [2.24, 2.45) is 0 Å². The summed E-state index contributed by atoms with van der Waals surface area (Å²) in [5.74, 6) is -0.943. The van der Waals surface area contributed by atoms with Gasteiger partial charge in [0.1, 0.15) is 17.2 Å². The van der Waals surface area contributed by atoms with E-state index in [4.69, 9.17) is 5.11 Å². The Labute approximate surface area is 110 Å². The van der Waals surface area contributed by atoms with E-state index in [1.165, 1.54) is 6.07 Å². The molecule has 1 N–H and O–H groups in total. The van der Waals surface area contributed by atoms with E-state index < -0.39 is 5.97 Å². The number of carboxylic acids is 1. The molecule has 2 rings (SSSR count). The molecule has 0 radical (unpaired) electrons. The maximum atomic E-state index is 13.5. The highest BCUT2D eigenvalue weighted by Crippen LogP contribution is 2.14. The fourth-order valence-corrected chi connectivity index (χ4v) is 1.99. The Bertz CT molecular complexity index is 618. The zero-order valence-electron chi connectivity index (χ0n) is 10.6. The van der Waals surface area contributed by atoms with Gasteiger partial charge in [0.05, 0.1) is 11.4 Å². The Balaban J connectivity index is 2.38. The summed E-state index contributed by atoms with van der Waals surface area (Å²) in [7, 11) is 0. The first kappa shape index (κ1) is 13.1. The Morgan fingerprint density at radius 1 is 1.21 bits per heavy atom. The van der Waals surface area contributed by atoms with E-state index in [0.717, 1.165) is 0 Å². The van der Waals surface area contributed by atoms with Gasteiger partial charge >= 0.3 is 5.97 Å². The van der Waals surface area contributed by atoms with Crippen LogP contribution in [-0.4, -0.2) is 21.0 Å². The fourth-order valence-electron chi connectivity index (χ4n) is 1.99. The van der Waals surface area contributed by atoms with E-state index >= 15 is 0 Å². The van der Waals surface area contributed by atoms with Crippen LogP contribution in [0.5, 0.6) is 0 Å². The SMILES string of the molecule is Cc1nc(Cc2ccccc2F)nc(C)c1C(=O)O.